The molecule has 0 unspecified atom stereocenters. The van der Waals surface area contributed by atoms with Crippen LogP contribution in [0.3, 0.4) is 0 Å². The number of hydrogen-bond acceptors (Lipinski definition) is 4. The van der Waals surface area contributed by atoms with Crippen molar-refractivity contribution in [2.75, 3.05) is 0 Å². The van der Waals surface area contributed by atoms with Gasteiger partial charge in [-0.05, 0) is 30.7 Å². The molecule has 6 heteroatoms. The van der Waals surface area contributed by atoms with E-state index in [-0.39, 0.29) is 11.3 Å². The Kier molecular flexibility index (Phi) is 4.66. The molecular formula is C17H14O6. The molecule has 23 heavy (non-hydrogen) atoms. The van der Waals surface area contributed by atoms with Crippen molar-refractivity contribution in [2.24, 2.45) is 0 Å². The molecule has 0 aliphatic heterocycles. The van der Waals surface area contributed by atoms with Crippen LogP contribution in [-0.2, 0) is 4.79 Å². The predicted octanol–water partition coefficient (Wildman–Crippen LogP) is 2.90. The average Bonchev–Trinajstić information content (AvgIpc) is 2.48. The van der Waals surface area contributed by atoms with Gasteiger partial charge in [0.05, 0.1) is 0 Å². The number of phenols is 1. The summed E-state index contributed by atoms with van der Waals surface area (Å²) in [5, 5.41) is 28.1. The molecule has 0 amide bonds. The highest BCUT2D eigenvalue weighted by Gasteiger charge is 2.18. The molecular weight excluding hydrogens is 300 g/mol. The minimum atomic E-state index is -1.34. The Bertz CT molecular complexity index is 791. The summed E-state index contributed by atoms with van der Waals surface area (Å²) in [4.78, 5) is 22.3. The maximum Gasteiger partial charge on any atom is 0.371 e. The first-order valence-corrected chi connectivity index (χ1v) is 6.63. The molecule has 0 spiro atoms. The molecule has 0 aliphatic rings. The highest BCUT2D eigenvalue weighted by Crippen LogP contribution is 2.31. The van der Waals surface area contributed by atoms with Gasteiger partial charge in [-0.15, -0.1) is 0 Å². The van der Waals surface area contributed by atoms with Gasteiger partial charge in [0.2, 0.25) is 5.76 Å². The van der Waals surface area contributed by atoms with Crippen LogP contribution >= 0.6 is 0 Å². The lowest BCUT2D eigenvalue weighted by Gasteiger charge is -2.10. The van der Waals surface area contributed by atoms with E-state index in [4.69, 9.17) is 9.84 Å². The van der Waals surface area contributed by atoms with Crippen LogP contribution in [0.4, 0.5) is 0 Å². The van der Waals surface area contributed by atoms with Crippen molar-refractivity contribution in [3.63, 3.8) is 0 Å². The van der Waals surface area contributed by atoms with Crippen molar-refractivity contribution in [1.29, 1.82) is 0 Å². The van der Waals surface area contributed by atoms with Crippen LogP contribution in [0.2, 0.25) is 0 Å². The Labute approximate surface area is 131 Å². The van der Waals surface area contributed by atoms with E-state index in [2.05, 4.69) is 0 Å². The molecule has 0 heterocycles. The summed E-state index contributed by atoms with van der Waals surface area (Å²) in [5.41, 5.74) is 1.18. The second-order valence-electron chi connectivity index (χ2n) is 4.79. The summed E-state index contributed by atoms with van der Waals surface area (Å²) in [6, 6.07) is 10.9. The average molecular weight is 314 g/mol. The predicted molar refractivity (Wildman–Crippen MR) is 82.5 cm³/mol. The standard InChI is InChI=1S/C17H14O6/c1-10-4-2-5-11(8-10)9-14(17(21)22)23-13-7-3-6-12(15(13)18)16(19)20/h2-9,18H,1H3,(H,19,20)(H,21,22)/b14-9+. The number of aliphatic carboxylic acids is 1. The molecule has 0 bridgehead atoms. The number of rotatable bonds is 5. The van der Waals surface area contributed by atoms with Crippen molar-refractivity contribution in [2.45, 2.75) is 6.92 Å². The maximum atomic E-state index is 11.3. The van der Waals surface area contributed by atoms with Crippen molar-refractivity contribution < 1.29 is 29.6 Å². The first-order chi connectivity index (χ1) is 10.9. The molecule has 2 aromatic rings. The van der Waals surface area contributed by atoms with Gasteiger partial charge in [-0.25, -0.2) is 9.59 Å². The van der Waals surface area contributed by atoms with E-state index in [1.165, 1.54) is 24.3 Å². The van der Waals surface area contributed by atoms with Gasteiger partial charge in [0.25, 0.3) is 0 Å². The van der Waals surface area contributed by atoms with Crippen LogP contribution in [0.5, 0.6) is 11.5 Å². The van der Waals surface area contributed by atoms with E-state index in [1.807, 2.05) is 13.0 Å². The van der Waals surface area contributed by atoms with Crippen molar-refractivity contribution in [1.82, 2.24) is 0 Å². The molecule has 0 saturated carbocycles. The van der Waals surface area contributed by atoms with E-state index in [0.717, 1.165) is 5.56 Å². The summed E-state index contributed by atoms with van der Waals surface area (Å²) in [7, 11) is 0. The molecule has 0 fully saturated rings. The monoisotopic (exact) mass is 314 g/mol. The number of aromatic carboxylic acids is 1. The molecule has 118 valence electrons. The Balaban J connectivity index is 2.40. The fraction of sp³-hybridized carbons (Fsp3) is 0.0588. The third-order valence-corrected chi connectivity index (χ3v) is 3.00. The second kappa shape index (κ2) is 6.65. The number of aryl methyl sites for hydroxylation is 1. The first kappa shape index (κ1) is 16.1. The number of carbonyl (C=O) groups is 2. The van der Waals surface area contributed by atoms with E-state index >= 15 is 0 Å². The summed E-state index contributed by atoms with van der Waals surface area (Å²) in [6.45, 7) is 1.86. The topological polar surface area (TPSA) is 104 Å². The number of aromatic hydroxyl groups is 1. The van der Waals surface area contributed by atoms with Gasteiger partial charge in [0.15, 0.2) is 11.5 Å². The van der Waals surface area contributed by atoms with Gasteiger partial charge in [-0.1, -0.05) is 35.9 Å². The number of para-hydroxylation sites is 1. The molecule has 2 aromatic carbocycles. The molecule has 0 saturated heterocycles. The highest BCUT2D eigenvalue weighted by molar-refractivity contribution is 5.93. The largest absolute Gasteiger partial charge is 0.504 e. The number of ether oxygens (including phenoxy) is 1. The summed E-state index contributed by atoms with van der Waals surface area (Å²) in [5.74, 6) is -3.99. The van der Waals surface area contributed by atoms with Gasteiger partial charge in [-0.3, -0.25) is 0 Å². The summed E-state index contributed by atoms with van der Waals surface area (Å²) in [6.07, 6.45) is 1.29. The third kappa shape index (κ3) is 3.88. The van der Waals surface area contributed by atoms with Crippen molar-refractivity contribution in [3.05, 3.63) is 64.9 Å². The third-order valence-electron chi connectivity index (χ3n) is 3.00. The van der Waals surface area contributed by atoms with Gasteiger partial charge in [0.1, 0.15) is 5.56 Å². The number of benzene rings is 2. The van der Waals surface area contributed by atoms with E-state index in [0.29, 0.717) is 5.56 Å². The Morgan fingerprint density at radius 2 is 1.78 bits per heavy atom. The minimum absolute atomic E-state index is 0.244. The fourth-order valence-electron chi connectivity index (χ4n) is 1.94. The molecule has 6 nitrogen and oxygen atoms in total. The van der Waals surface area contributed by atoms with E-state index in [9.17, 15) is 19.8 Å². The van der Waals surface area contributed by atoms with Gasteiger partial charge < -0.3 is 20.1 Å². The zero-order valence-corrected chi connectivity index (χ0v) is 12.2. The maximum absolute atomic E-state index is 11.3. The van der Waals surface area contributed by atoms with Crippen LogP contribution in [0.15, 0.2) is 48.2 Å². The number of carboxylic acids is 2. The Morgan fingerprint density at radius 1 is 1.09 bits per heavy atom. The molecule has 0 aromatic heterocycles. The van der Waals surface area contributed by atoms with Crippen molar-refractivity contribution in [3.8, 4) is 11.5 Å². The van der Waals surface area contributed by atoms with Crippen LogP contribution < -0.4 is 4.74 Å². The van der Waals surface area contributed by atoms with Crippen LogP contribution in [0.1, 0.15) is 21.5 Å². The van der Waals surface area contributed by atoms with Gasteiger partial charge in [-0.2, -0.15) is 0 Å². The smallest absolute Gasteiger partial charge is 0.371 e. The minimum Gasteiger partial charge on any atom is -0.504 e. The van der Waals surface area contributed by atoms with E-state index in [1.54, 1.807) is 18.2 Å². The quantitative estimate of drug-likeness (QED) is 0.579. The molecule has 0 radical (unpaired) electrons. The van der Waals surface area contributed by atoms with Crippen LogP contribution in [-0.4, -0.2) is 27.3 Å². The zero-order chi connectivity index (χ0) is 17.0. The molecule has 0 atom stereocenters. The summed E-state index contributed by atoms with van der Waals surface area (Å²) >= 11 is 0. The van der Waals surface area contributed by atoms with Gasteiger partial charge in [0, 0.05) is 0 Å². The van der Waals surface area contributed by atoms with Gasteiger partial charge >= 0.3 is 11.9 Å². The SMILES string of the molecule is Cc1cccc(/C=C(/Oc2cccc(C(=O)O)c2O)C(=O)O)c1. The molecule has 0 aliphatic carbocycles. The lowest BCUT2D eigenvalue weighted by molar-refractivity contribution is -0.134. The lowest BCUT2D eigenvalue weighted by Crippen LogP contribution is -2.08. The Morgan fingerprint density at radius 3 is 2.39 bits per heavy atom. The Hall–Kier alpha value is -3.28. The van der Waals surface area contributed by atoms with Crippen LogP contribution in [0.25, 0.3) is 6.08 Å². The number of hydrogen-bond donors (Lipinski definition) is 3. The zero-order valence-electron chi connectivity index (χ0n) is 12.2. The van der Waals surface area contributed by atoms with E-state index < -0.39 is 23.4 Å². The number of carboxylic acid groups (broad SMARTS) is 2. The highest BCUT2D eigenvalue weighted by atomic mass is 16.5. The van der Waals surface area contributed by atoms with Crippen molar-refractivity contribution >= 4 is 18.0 Å². The van der Waals surface area contributed by atoms with Crippen LogP contribution in [0, 0.1) is 6.92 Å². The summed E-state index contributed by atoms with van der Waals surface area (Å²) < 4.78 is 5.19. The lowest BCUT2D eigenvalue weighted by atomic mass is 10.1. The first-order valence-electron chi connectivity index (χ1n) is 6.63. The fourth-order valence-corrected chi connectivity index (χ4v) is 1.94. The second-order valence-corrected chi connectivity index (χ2v) is 4.79. The normalized spacial score (nSPS) is 11.1. The molecule has 3 N–H and O–H groups in total. The molecule has 2 rings (SSSR count).